The zero-order valence-electron chi connectivity index (χ0n) is 9.35. The largest absolute Gasteiger partial charge is 0.493 e. The molecular formula is C12H13N3OS. The Kier molecular flexibility index (Phi) is 2.78. The number of nitrogens with zero attached hydrogens (tertiary/aromatic N) is 2. The van der Waals surface area contributed by atoms with E-state index in [9.17, 15) is 0 Å². The number of hydrogen-bond acceptors (Lipinski definition) is 5. The van der Waals surface area contributed by atoms with Crippen LogP contribution in [0.15, 0.2) is 18.2 Å². The first kappa shape index (κ1) is 10.7. The monoisotopic (exact) mass is 247 g/mol. The molecule has 0 saturated heterocycles. The predicted octanol–water partition coefficient (Wildman–Crippen LogP) is 1.64. The van der Waals surface area contributed by atoms with Crippen LogP contribution in [0.2, 0.25) is 0 Å². The van der Waals surface area contributed by atoms with Gasteiger partial charge in [0.15, 0.2) is 0 Å². The van der Waals surface area contributed by atoms with E-state index in [1.807, 2.05) is 12.1 Å². The Hall–Kier alpha value is -1.46. The molecule has 0 saturated carbocycles. The van der Waals surface area contributed by atoms with Crippen molar-refractivity contribution in [2.45, 2.75) is 12.8 Å². The van der Waals surface area contributed by atoms with Gasteiger partial charge in [0.25, 0.3) is 0 Å². The van der Waals surface area contributed by atoms with Crippen molar-refractivity contribution in [2.24, 2.45) is 5.73 Å². The summed E-state index contributed by atoms with van der Waals surface area (Å²) < 4.78 is 5.48. The van der Waals surface area contributed by atoms with Crippen molar-refractivity contribution in [3.63, 3.8) is 0 Å². The Morgan fingerprint density at radius 3 is 3.18 bits per heavy atom. The minimum Gasteiger partial charge on any atom is -0.493 e. The summed E-state index contributed by atoms with van der Waals surface area (Å²) in [7, 11) is 0. The van der Waals surface area contributed by atoms with E-state index in [0.29, 0.717) is 6.54 Å². The van der Waals surface area contributed by atoms with Crippen LogP contribution in [0.1, 0.15) is 10.6 Å². The first-order chi connectivity index (χ1) is 8.36. The third-order valence-corrected chi connectivity index (χ3v) is 3.79. The van der Waals surface area contributed by atoms with E-state index in [-0.39, 0.29) is 0 Å². The highest BCUT2D eigenvalue weighted by Crippen LogP contribution is 2.31. The van der Waals surface area contributed by atoms with Crippen molar-refractivity contribution in [1.82, 2.24) is 10.2 Å². The Morgan fingerprint density at radius 2 is 2.29 bits per heavy atom. The van der Waals surface area contributed by atoms with Crippen LogP contribution in [0.3, 0.4) is 0 Å². The number of rotatable bonds is 3. The number of fused-ring (bicyclic) bond motifs is 1. The fourth-order valence-corrected chi connectivity index (χ4v) is 2.77. The lowest BCUT2D eigenvalue weighted by molar-refractivity contribution is 0.357. The van der Waals surface area contributed by atoms with Crippen molar-refractivity contribution in [3.8, 4) is 16.3 Å². The van der Waals surface area contributed by atoms with Gasteiger partial charge in [-0.15, -0.1) is 10.2 Å². The molecule has 0 atom stereocenters. The molecule has 1 aliphatic heterocycles. The second kappa shape index (κ2) is 4.43. The zero-order valence-corrected chi connectivity index (χ0v) is 10.2. The number of ether oxygens (including phenoxy) is 1. The molecule has 0 radical (unpaired) electrons. The van der Waals surface area contributed by atoms with Crippen LogP contribution in [-0.4, -0.2) is 23.3 Å². The Labute approximate surface area is 103 Å². The van der Waals surface area contributed by atoms with Crippen molar-refractivity contribution < 1.29 is 4.74 Å². The lowest BCUT2D eigenvalue weighted by atomic mass is 10.1. The zero-order chi connectivity index (χ0) is 11.7. The SMILES string of the molecule is NCCc1nnc(-c2ccc3c(c2)CCO3)s1. The van der Waals surface area contributed by atoms with Crippen LogP contribution in [-0.2, 0) is 12.8 Å². The molecule has 1 aromatic heterocycles. The lowest BCUT2D eigenvalue weighted by Crippen LogP contribution is -2.01. The van der Waals surface area contributed by atoms with Crippen LogP contribution in [0, 0.1) is 0 Å². The molecule has 2 aromatic rings. The number of nitrogens with two attached hydrogens (primary N) is 1. The molecule has 0 amide bonds. The first-order valence-electron chi connectivity index (χ1n) is 5.65. The number of hydrogen-bond donors (Lipinski definition) is 1. The summed E-state index contributed by atoms with van der Waals surface area (Å²) in [5.74, 6) is 1.00. The molecular weight excluding hydrogens is 234 g/mol. The standard InChI is InChI=1S/C12H13N3OS/c13-5-3-11-14-15-12(17-11)9-1-2-10-8(7-9)4-6-16-10/h1-2,7H,3-6,13H2. The summed E-state index contributed by atoms with van der Waals surface area (Å²) in [4.78, 5) is 0. The van der Waals surface area contributed by atoms with Gasteiger partial charge < -0.3 is 10.5 Å². The van der Waals surface area contributed by atoms with Gasteiger partial charge in [0, 0.05) is 18.4 Å². The van der Waals surface area contributed by atoms with E-state index >= 15 is 0 Å². The molecule has 0 fully saturated rings. The summed E-state index contributed by atoms with van der Waals surface area (Å²) >= 11 is 1.61. The first-order valence-corrected chi connectivity index (χ1v) is 6.47. The predicted molar refractivity (Wildman–Crippen MR) is 67.3 cm³/mol. The number of aromatic nitrogens is 2. The van der Waals surface area contributed by atoms with E-state index < -0.39 is 0 Å². The third-order valence-electron chi connectivity index (χ3n) is 2.76. The van der Waals surface area contributed by atoms with Crippen LogP contribution < -0.4 is 10.5 Å². The topological polar surface area (TPSA) is 61.0 Å². The molecule has 0 aliphatic carbocycles. The molecule has 2 N–H and O–H groups in total. The van der Waals surface area contributed by atoms with Crippen LogP contribution in [0.5, 0.6) is 5.75 Å². The lowest BCUT2D eigenvalue weighted by Gasteiger charge is -2.00. The Balaban J connectivity index is 1.92. The molecule has 0 bridgehead atoms. The highest BCUT2D eigenvalue weighted by Gasteiger charge is 2.14. The highest BCUT2D eigenvalue weighted by molar-refractivity contribution is 7.14. The van der Waals surface area contributed by atoms with Crippen LogP contribution >= 0.6 is 11.3 Å². The fourth-order valence-electron chi connectivity index (χ4n) is 1.91. The van der Waals surface area contributed by atoms with Crippen LogP contribution in [0.25, 0.3) is 10.6 Å². The third kappa shape index (κ3) is 2.03. The molecule has 88 valence electrons. The van der Waals surface area contributed by atoms with Crippen molar-refractivity contribution >= 4 is 11.3 Å². The molecule has 0 spiro atoms. The summed E-state index contributed by atoms with van der Waals surface area (Å²) in [5, 5.41) is 10.3. The van der Waals surface area contributed by atoms with E-state index in [4.69, 9.17) is 10.5 Å². The fraction of sp³-hybridized carbons (Fsp3) is 0.333. The maximum absolute atomic E-state index is 5.50. The maximum Gasteiger partial charge on any atom is 0.147 e. The summed E-state index contributed by atoms with van der Waals surface area (Å²) in [5.41, 5.74) is 7.89. The van der Waals surface area contributed by atoms with E-state index in [0.717, 1.165) is 40.8 Å². The maximum atomic E-state index is 5.50. The van der Waals surface area contributed by atoms with Gasteiger partial charge >= 0.3 is 0 Å². The second-order valence-corrected chi connectivity index (χ2v) is 5.02. The molecule has 3 rings (SSSR count). The molecule has 4 nitrogen and oxygen atoms in total. The van der Waals surface area contributed by atoms with Gasteiger partial charge in [-0.05, 0) is 30.3 Å². The van der Waals surface area contributed by atoms with Gasteiger partial charge in [0.2, 0.25) is 0 Å². The molecule has 0 unspecified atom stereocenters. The average molecular weight is 247 g/mol. The minimum absolute atomic E-state index is 0.618. The average Bonchev–Trinajstić information content (AvgIpc) is 2.96. The molecule has 17 heavy (non-hydrogen) atoms. The molecule has 1 aliphatic rings. The second-order valence-electron chi connectivity index (χ2n) is 3.96. The van der Waals surface area contributed by atoms with E-state index in [2.05, 4.69) is 16.3 Å². The van der Waals surface area contributed by atoms with Gasteiger partial charge in [0.05, 0.1) is 6.61 Å². The Bertz CT molecular complexity index is 538. The Morgan fingerprint density at radius 1 is 1.35 bits per heavy atom. The summed E-state index contributed by atoms with van der Waals surface area (Å²) in [6, 6.07) is 6.20. The molecule has 5 heteroatoms. The van der Waals surface area contributed by atoms with E-state index in [1.165, 1.54) is 5.56 Å². The summed E-state index contributed by atoms with van der Waals surface area (Å²) in [6.45, 7) is 1.40. The van der Waals surface area contributed by atoms with Crippen molar-refractivity contribution in [1.29, 1.82) is 0 Å². The molecule has 2 heterocycles. The van der Waals surface area contributed by atoms with Gasteiger partial charge in [-0.2, -0.15) is 0 Å². The smallest absolute Gasteiger partial charge is 0.147 e. The quantitative estimate of drug-likeness (QED) is 0.895. The normalized spacial score (nSPS) is 13.5. The van der Waals surface area contributed by atoms with Gasteiger partial charge in [-0.25, -0.2) is 0 Å². The van der Waals surface area contributed by atoms with E-state index in [1.54, 1.807) is 11.3 Å². The van der Waals surface area contributed by atoms with Gasteiger partial charge in [0.1, 0.15) is 15.8 Å². The minimum atomic E-state index is 0.618. The van der Waals surface area contributed by atoms with Gasteiger partial charge in [-0.1, -0.05) is 11.3 Å². The molecule has 1 aromatic carbocycles. The van der Waals surface area contributed by atoms with Crippen molar-refractivity contribution in [3.05, 3.63) is 28.8 Å². The van der Waals surface area contributed by atoms with Crippen LogP contribution in [0.4, 0.5) is 0 Å². The highest BCUT2D eigenvalue weighted by atomic mass is 32.1. The van der Waals surface area contributed by atoms with Crippen molar-refractivity contribution in [2.75, 3.05) is 13.2 Å². The number of benzene rings is 1. The summed E-state index contributed by atoms with van der Waals surface area (Å²) in [6.07, 6.45) is 1.78. The van der Waals surface area contributed by atoms with Gasteiger partial charge in [-0.3, -0.25) is 0 Å².